The fourth-order valence-corrected chi connectivity index (χ4v) is 5.65. The summed E-state index contributed by atoms with van der Waals surface area (Å²) in [6.07, 6.45) is 5.04. The van der Waals surface area contributed by atoms with Crippen molar-refractivity contribution in [2.45, 2.75) is 23.0 Å². The number of aromatic nitrogens is 3. The molecular formula is C23H22ClN5O3S. The van der Waals surface area contributed by atoms with E-state index < -0.39 is 9.73 Å². The topological polar surface area (TPSA) is 113 Å². The molecule has 1 fully saturated rings. The summed E-state index contributed by atoms with van der Waals surface area (Å²) in [6, 6.07) is 10.8. The number of benzene rings is 2. The molecule has 0 aliphatic heterocycles. The van der Waals surface area contributed by atoms with E-state index in [1.54, 1.807) is 31.5 Å². The highest BCUT2D eigenvalue weighted by Gasteiger charge is 2.34. The Bertz CT molecular complexity index is 1460. The molecular weight excluding hydrogens is 462 g/mol. The zero-order valence-corrected chi connectivity index (χ0v) is 19.6. The number of nitrogens with one attached hydrogen (secondary N) is 3. The number of rotatable bonds is 7. The molecule has 0 radical (unpaired) electrons. The lowest BCUT2D eigenvalue weighted by atomic mass is 10.1. The van der Waals surface area contributed by atoms with Crippen LogP contribution in [0.3, 0.4) is 0 Å². The van der Waals surface area contributed by atoms with E-state index in [1.807, 2.05) is 24.4 Å². The van der Waals surface area contributed by atoms with Crippen molar-refractivity contribution in [3.63, 3.8) is 0 Å². The normalized spacial score (nSPS) is 15.2. The molecule has 1 aliphatic carbocycles. The van der Waals surface area contributed by atoms with Crippen LogP contribution in [-0.2, 0) is 9.73 Å². The smallest absolute Gasteiger partial charge is 0.227 e. The molecule has 3 N–H and O–H groups in total. The highest BCUT2D eigenvalue weighted by molar-refractivity contribution is 7.93. The van der Waals surface area contributed by atoms with Gasteiger partial charge in [0.15, 0.2) is 0 Å². The molecule has 5 rings (SSSR count). The van der Waals surface area contributed by atoms with Crippen LogP contribution in [0.4, 0.5) is 11.6 Å². The van der Waals surface area contributed by atoms with Crippen molar-refractivity contribution >= 4 is 43.9 Å². The maximum atomic E-state index is 12.8. The van der Waals surface area contributed by atoms with Crippen molar-refractivity contribution in [2.75, 3.05) is 19.5 Å². The lowest BCUT2D eigenvalue weighted by Gasteiger charge is -2.14. The molecule has 1 atom stereocenters. The van der Waals surface area contributed by atoms with E-state index in [4.69, 9.17) is 25.9 Å². The Morgan fingerprint density at radius 1 is 1.18 bits per heavy atom. The van der Waals surface area contributed by atoms with Crippen LogP contribution >= 0.6 is 11.6 Å². The molecule has 4 aromatic rings. The van der Waals surface area contributed by atoms with Crippen LogP contribution < -0.4 is 14.8 Å². The minimum Gasteiger partial charge on any atom is -0.497 e. The van der Waals surface area contributed by atoms with Gasteiger partial charge in [-0.1, -0.05) is 11.6 Å². The lowest BCUT2D eigenvalue weighted by Crippen LogP contribution is -2.06. The fourth-order valence-electron chi connectivity index (χ4n) is 3.72. The minimum absolute atomic E-state index is 0.0701. The van der Waals surface area contributed by atoms with E-state index in [1.165, 1.54) is 7.11 Å². The van der Waals surface area contributed by atoms with Crippen molar-refractivity contribution in [2.24, 2.45) is 0 Å². The average molecular weight is 484 g/mol. The third-order valence-corrected chi connectivity index (χ3v) is 8.29. The summed E-state index contributed by atoms with van der Waals surface area (Å²) < 4.78 is 31.8. The summed E-state index contributed by atoms with van der Waals surface area (Å²) in [5.41, 5.74) is 2.91. The summed E-state index contributed by atoms with van der Waals surface area (Å²) in [7, 11) is 0.329. The Morgan fingerprint density at radius 2 is 2.00 bits per heavy atom. The highest BCUT2D eigenvalue weighted by atomic mass is 35.5. The zero-order chi connectivity index (χ0) is 23.2. The maximum absolute atomic E-state index is 12.8. The first-order valence-corrected chi connectivity index (χ1v) is 12.3. The fraction of sp³-hybridized carbons (Fsp3) is 0.217. The molecule has 1 aliphatic rings. The van der Waals surface area contributed by atoms with Gasteiger partial charge in [-0.25, -0.2) is 19.0 Å². The molecule has 2 aromatic carbocycles. The van der Waals surface area contributed by atoms with Gasteiger partial charge < -0.3 is 19.8 Å². The molecule has 2 aromatic heterocycles. The second kappa shape index (κ2) is 8.24. The Hall–Kier alpha value is -3.30. The molecule has 0 bridgehead atoms. The first kappa shape index (κ1) is 21.5. The van der Waals surface area contributed by atoms with Crippen LogP contribution in [0.2, 0.25) is 5.02 Å². The summed E-state index contributed by atoms with van der Waals surface area (Å²) in [5, 5.41) is 4.45. The number of ether oxygens (including phenoxy) is 2. The standard InChI is InChI=1S/C23H22ClN5O3S/c1-31-13-3-7-16-17(11-26-20(16)9-13)22-18(24)12-27-23(29-22)28-19-8-6-15(10-21(19)32-2)33(25,30)14-4-5-14/h3,6-12,14,25-26H,4-5H2,1-2H3,(H,27,28,29). The minimum atomic E-state index is -2.82. The molecule has 0 amide bonds. The molecule has 2 heterocycles. The average Bonchev–Trinajstić information content (AvgIpc) is 3.61. The van der Waals surface area contributed by atoms with Crippen LogP contribution in [0.5, 0.6) is 11.5 Å². The SMILES string of the molecule is COc1ccc2c(-c3nc(Nc4ccc(S(=N)(=O)C5CC5)cc4OC)ncc3Cl)c[nH]c2c1. The second-order valence-corrected chi connectivity index (χ2v) is 10.5. The summed E-state index contributed by atoms with van der Waals surface area (Å²) in [5.74, 6) is 1.55. The lowest BCUT2D eigenvalue weighted by molar-refractivity contribution is 0.415. The highest BCUT2D eigenvalue weighted by Crippen LogP contribution is 2.38. The molecule has 1 unspecified atom stereocenters. The van der Waals surface area contributed by atoms with Crippen LogP contribution in [0, 0.1) is 4.78 Å². The third kappa shape index (κ3) is 3.98. The molecule has 8 nitrogen and oxygen atoms in total. The van der Waals surface area contributed by atoms with Gasteiger partial charge in [0.2, 0.25) is 5.95 Å². The van der Waals surface area contributed by atoms with Crippen LogP contribution in [-0.4, -0.2) is 38.6 Å². The van der Waals surface area contributed by atoms with E-state index in [-0.39, 0.29) is 5.25 Å². The molecule has 33 heavy (non-hydrogen) atoms. The predicted molar refractivity (Wildman–Crippen MR) is 129 cm³/mol. The van der Waals surface area contributed by atoms with Gasteiger partial charge in [0, 0.05) is 34.0 Å². The first-order chi connectivity index (χ1) is 15.9. The predicted octanol–water partition coefficient (Wildman–Crippen LogP) is 5.61. The van der Waals surface area contributed by atoms with Crippen molar-refractivity contribution in [1.29, 1.82) is 4.78 Å². The monoisotopic (exact) mass is 483 g/mol. The number of H-pyrrole nitrogens is 1. The maximum Gasteiger partial charge on any atom is 0.227 e. The van der Waals surface area contributed by atoms with E-state index in [0.29, 0.717) is 33.0 Å². The van der Waals surface area contributed by atoms with Gasteiger partial charge in [-0.05, 0) is 43.2 Å². The van der Waals surface area contributed by atoms with Gasteiger partial charge in [-0.3, -0.25) is 0 Å². The number of hydrogen-bond donors (Lipinski definition) is 3. The number of nitrogens with zero attached hydrogens (tertiary/aromatic N) is 2. The van der Waals surface area contributed by atoms with Gasteiger partial charge in [-0.2, -0.15) is 0 Å². The van der Waals surface area contributed by atoms with Crippen molar-refractivity contribution < 1.29 is 13.7 Å². The van der Waals surface area contributed by atoms with Gasteiger partial charge in [0.25, 0.3) is 0 Å². The Morgan fingerprint density at radius 3 is 2.73 bits per heavy atom. The van der Waals surface area contributed by atoms with Gasteiger partial charge >= 0.3 is 0 Å². The number of methoxy groups -OCH3 is 2. The Labute approximate surface area is 196 Å². The third-order valence-electron chi connectivity index (χ3n) is 5.65. The number of hydrogen-bond acceptors (Lipinski definition) is 7. The number of anilines is 2. The van der Waals surface area contributed by atoms with Crippen LogP contribution in [0.1, 0.15) is 12.8 Å². The molecule has 10 heteroatoms. The Balaban J connectivity index is 1.49. The quantitative estimate of drug-likeness (QED) is 0.315. The van der Waals surface area contributed by atoms with Crippen LogP contribution in [0.15, 0.2) is 53.7 Å². The second-order valence-electron chi connectivity index (χ2n) is 7.79. The van der Waals surface area contributed by atoms with Crippen LogP contribution in [0.25, 0.3) is 22.2 Å². The molecule has 0 saturated heterocycles. The zero-order valence-electron chi connectivity index (χ0n) is 18.0. The molecule has 0 spiro atoms. The van der Waals surface area contributed by atoms with Gasteiger partial charge in [0.05, 0.1) is 51.4 Å². The summed E-state index contributed by atoms with van der Waals surface area (Å²) >= 11 is 6.45. The molecule has 1 saturated carbocycles. The van der Waals surface area contributed by atoms with Crippen molar-refractivity contribution in [3.8, 4) is 22.8 Å². The van der Waals surface area contributed by atoms with E-state index in [2.05, 4.69) is 20.3 Å². The van der Waals surface area contributed by atoms with Gasteiger partial charge in [0.1, 0.15) is 11.5 Å². The van der Waals surface area contributed by atoms with Crippen molar-refractivity contribution in [3.05, 3.63) is 53.8 Å². The number of aromatic amines is 1. The first-order valence-electron chi connectivity index (χ1n) is 10.3. The van der Waals surface area contributed by atoms with Gasteiger partial charge in [-0.15, -0.1) is 0 Å². The van der Waals surface area contributed by atoms with E-state index >= 15 is 0 Å². The van der Waals surface area contributed by atoms with E-state index in [0.717, 1.165) is 35.1 Å². The Kier molecular flexibility index (Phi) is 5.38. The van der Waals surface area contributed by atoms with E-state index in [9.17, 15) is 4.21 Å². The number of halogens is 1. The molecule has 170 valence electrons. The largest absolute Gasteiger partial charge is 0.497 e. The van der Waals surface area contributed by atoms with Crippen molar-refractivity contribution in [1.82, 2.24) is 15.0 Å². The summed E-state index contributed by atoms with van der Waals surface area (Å²) in [4.78, 5) is 12.6. The summed E-state index contributed by atoms with van der Waals surface area (Å²) in [6.45, 7) is 0. The number of fused-ring (bicyclic) bond motifs is 1.